The lowest BCUT2D eigenvalue weighted by Gasteiger charge is -2.50. The maximum Gasteiger partial charge on any atom is 0.168 e. The Morgan fingerprint density at radius 2 is 0.655 bits per heavy atom. The van der Waals surface area contributed by atoms with Gasteiger partial charge in [0, 0.05) is 11.3 Å². The van der Waals surface area contributed by atoms with Gasteiger partial charge in [0.2, 0.25) is 0 Å². The first-order valence-electron chi connectivity index (χ1n) is 9.77. The molecule has 11 heteroatoms. The molecule has 0 radical (unpaired) electrons. The van der Waals surface area contributed by atoms with Crippen LogP contribution in [0.2, 0.25) is 0 Å². The summed E-state index contributed by atoms with van der Waals surface area (Å²) in [7, 11) is -2.71. The molecule has 0 aromatic rings. The van der Waals surface area contributed by atoms with Gasteiger partial charge in [-0.2, -0.15) is 0 Å². The number of halogens is 10. The minimum Gasteiger partial charge on any atom is -0.243 e. The predicted octanol–water partition coefficient (Wildman–Crippen LogP) is 5.95. The largest absolute Gasteiger partial charge is 0.243 e. The van der Waals surface area contributed by atoms with Gasteiger partial charge in [-0.25, -0.2) is 43.9 Å². The molecule has 8 atom stereocenters. The summed E-state index contributed by atoms with van der Waals surface area (Å²) < 4.78 is 142. The molecule has 8 unspecified atom stereocenters. The number of hydrogen-bond donors (Lipinski definition) is 0. The monoisotopic (exact) mass is 460 g/mol. The van der Waals surface area contributed by atoms with Crippen molar-refractivity contribution in [2.24, 2.45) is 0 Å². The average molecular weight is 460 g/mol. The van der Waals surface area contributed by atoms with Crippen molar-refractivity contribution < 1.29 is 43.9 Å². The zero-order chi connectivity index (χ0) is 21.6. The summed E-state index contributed by atoms with van der Waals surface area (Å²) in [6.45, 7) is 0. The molecule has 3 rings (SSSR count). The highest BCUT2D eigenvalue weighted by molar-refractivity contribution is 7.60. The van der Waals surface area contributed by atoms with Gasteiger partial charge in [0.25, 0.3) is 0 Å². The molecule has 0 saturated heterocycles. The Bertz CT molecular complexity index is 479. The van der Waals surface area contributed by atoms with Gasteiger partial charge >= 0.3 is 0 Å². The molecule has 0 spiro atoms. The number of hydrogen-bond acceptors (Lipinski definition) is 0. The molecule has 3 saturated carbocycles. The molecule has 0 aromatic heterocycles. The Balaban J connectivity index is 2.02. The molecular weight excluding hydrogens is 437 g/mol. The van der Waals surface area contributed by atoms with Gasteiger partial charge in [-0.15, -0.1) is 0 Å². The highest BCUT2D eigenvalue weighted by Crippen LogP contribution is 2.64. The second-order valence-corrected chi connectivity index (χ2v) is 11.0. The maximum atomic E-state index is 14.7. The summed E-state index contributed by atoms with van der Waals surface area (Å²) in [5, 5.41) is 0. The van der Waals surface area contributed by atoms with Crippen LogP contribution in [0.5, 0.6) is 0 Å². The summed E-state index contributed by atoms with van der Waals surface area (Å²) in [5.41, 5.74) is -5.34. The minimum absolute atomic E-state index is 0.206. The second-order valence-electron chi connectivity index (χ2n) is 8.16. The molecule has 3 fully saturated rings. The molecule has 0 N–H and O–H groups in total. The molecular formula is C18H23F10P. The van der Waals surface area contributed by atoms with E-state index in [4.69, 9.17) is 0 Å². The Labute approximate surface area is 163 Å². The number of rotatable bonds is 3. The minimum atomic E-state index is -3.09. The zero-order valence-corrected chi connectivity index (χ0v) is 16.2. The van der Waals surface area contributed by atoms with Crippen LogP contribution in [0.1, 0.15) is 32.1 Å². The Morgan fingerprint density at radius 3 is 0.966 bits per heavy atom. The van der Waals surface area contributed by atoms with E-state index in [0.29, 0.717) is 19.3 Å². The van der Waals surface area contributed by atoms with Gasteiger partial charge in [-0.1, -0.05) is 27.2 Å². The van der Waals surface area contributed by atoms with Gasteiger partial charge in [-0.3, -0.25) is 0 Å². The fourth-order valence-corrected chi connectivity index (χ4v) is 9.19. The first-order chi connectivity index (χ1) is 13.6. The van der Waals surface area contributed by atoms with Crippen LogP contribution in [0.4, 0.5) is 43.9 Å². The van der Waals surface area contributed by atoms with E-state index >= 15 is 0 Å². The SMILES string of the molecule is FC1C(F)C(F)C(P(C2CCCCC2)C2C(F)C(F)C(F)C(F)C2F)C(F)C1F. The summed E-state index contributed by atoms with van der Waals surface area (Å²) in [5.74, 6) is 0. The van der Waals surface area contributed by atoms with E-state index in [0.717, 1.165) is 0 Å². The summed E-state index contributed by atoms with van der Waals surface area (Å²) in [6.07, 6.45) is -28.0. The van der Waals surface area contributed by atoms with Gasteiger partial charge in [0.15, 0.2) is 37.0 Å². The standard InChI is InChI=1S/C18H23F10P/c19-7-9(21)13(25)17(14(26)10(7)22)29(6-4-2-1-3-5-6)18-15(27)11(23)8(20)12(24)16(18)28/h6-18H,1-5H2. The normalized spacial score (nSPS) is 53.6. The third-order valence-corrected chi connectivity index (χ3v) is 10.3. The first-order valence-corrected chi connectivity index (χ1v) is 11.3. The summed E-state index contributed by atoms with van der Waals surface area (Å²) in [6, 6.07) is 0. The predicted molar refractivity (Wildman–Crippen MR) is 90.3 cm³/mol. The van der Waals surface area contributed by atoms with Crippen molar-refractivity contribution >= 4 is 7.92 Å². The summed E-state index contributed by atoms with van der Waals surface area (Å²) >= 11 is 0. The molecule has 0 bridgehead atoms. The molecule has 0 aromatic carbocycles. The average Bonchev–Trinajstić information content (AvgIpc) is 2.73. The fraction of sp³-hybridized carbons (Fsp3) is 1.00. The molecule has 29 heavy (non-hydrogen) atoms. The van der Waals surface area contributed by atoms with Crippen molar-refractivity contribution in [2.75, 3.05) is 0 Å². The van der Waals surface area contributed by atoms with E-state index in [1.807, 2.05) is 0 Å². The van der Waals surface area contributed by atoms with Gasteiger partial charge in [0.1, 0.15) is 24.7 Å². The van der Waals surface area contributed by atoms with Crippen LogP contribution in [0, 0.1) is 0 Å². The van der Waals surface area contributed by atoms with Crippen LogP contribution in [-0.4, -0.2) is 78.7 Å². The van der Waals surface area contributed by atoms with Crippen LogP contribution < -0.4 is 0 Å². The number of alkyl halides is 10. The first kappa shape index (κ1) is 23.4. The van der Waals surface area contributed by atoms with Gasteiger partial charge in [0.05, 0.1) is 0 Å². The Kier molecular flexibility index (Phi) is 7.32. The van der Waals surface area contributed by atoms with E-state index in [2.05, 4.69) is 0 Å². The van der Waals surface area contributed by atoms with Crippen LogP contribution >= 0.6 is 7.92 Å². The Morgan fingerprint density at radius 1 is 0.379 bits per heavy atom. The molecule has 3 aliphatic carbocycles. The van der Waals surface area contributed by atoms with E-state index in [-0.39, 0.29) is 12.8 Å². The highest BCUT2D eigenvalue weighted by Gasteiger charge is 2.63. The summed E-state index contributed by atoms with van der Waals surface area (Å²) in [4.78, 5) is 0. The molecule has 3 aliphatic rings. The van der Waals surface area contributed by atoms with Crippen molar-refractivity contribution in [1.29, 1.82) is 0 Å². The van der Waals surface area contributed by atoms with Crippen molar-refractivity contribution in [2.45, 2.75) is 111 Å². The van der Waals surface area contributed by atoms with Crippen LogP contribution in [0.25, 0.3) is 0 Å². The van der Waals surface area contributed by atoms with E-state index in [1.54, 1.807) is 0 Å². The third kappa shape index (κ3) is 4.00. The zero-order valence-electron chi connectivity index (χ0n) is 15.3. The van der Waals surface area contributed by atoms with Crippen LogP contribution in [0.15, 0.2) is 0 Å². The topological polar surface area (TPSA) is 0 Å². The third-order valence-electron chi connectivity index (χ3n) is 6.42. The van der Waals surface area contributed by atoms with Crippen LogP contribution in [-0.2, 0) is 0 Å². The van der Waals surface area contributed by atoms with Crippen molar-refractivity contribution in [3.63, 3.8) is 0 Å². The fourth-order valence-electron chi connectivity index (χ4n) is 4.88. The van der Waals surface area contributed by atoms with E-state index in [1.165, 1.54) is 0 Å². The lowest BCUT2D eigenvalue weighted by molar-refractivity contribution is -0.0553. The van der Waals surface area contributed by atoms with Crippen LogP contribution in [0.3, 0.4) is 0 Å². The molecule has 170 valence electrons. The molecule has 0 heterocycles. The quantitative estimate of drug-likeness (QED) is 0.361. The van der Waals surface area contributed by atoms with Gasteiger partial charge in [-0.05, 0) is 18.5 Å². The smallest absolute Gasteiger partial charge is 0.168 e. The van der Waals surface area contributed by atoms with Crippen molar-refractivity contribution in [3.8, 4) is 0 Å². The molecule has 0 nitrogen and oxygen atoms in total. The molecule has 0 aliphatic heterocycles. The van der Waals surface area contributed by atoms with Crippen molar-refractivity contribution in [3.05, 3.63) is 0 Å². The van der Waals surface area contributed by atoms with Gasteiger partial charge < -0.3 is 0 Å². The second kappa shape index (κ2) is 9.07. The molecule has 0 amide bonds. The maximum absolute atomic E-state index is 14.7. The highest BCUT2D eigenvalue weighted by atomic mass is 31.1. The lowest BCUT2D eigenvalue weighted by Crippen LogP contribution is -2.61. The lowest BCUT2D eigenvalue weighted by atomic mass is 9.90. The van der Waals surface area contributed by atoms with Crippen molar-refractivity contribution in [1.82, 2.24) is 0 Å². The van der Waals surface area contributed by atoms with E-state index < -0.39 is 86.6 Å². The van der Waals surface area contributed by atoms with E-state index in [9.17, 15) is 43.9 Å². The Hall–Kier alpha value is -0.270.